The normalized spacial score (nSPS) is 10.8. The van der Waals surface area contributed by atoms with Crippen LogP contribution in [0.2, 0.25) is 10.2 Å². The lowest BCUT2D eigenvalue weighted by Gasteiger charge is -2.04. The first-order chi connectivity index (χ1) is 7.56. The summed E-state index contributed by atoms with van der Waals surface area (Å²) in [5, 5.41) is 5.21. The Labute approximate surface area is 103 Å². The summed E-state index contributed by atoms with van der Waals surface area (Å²) in [4.78, 5) is 8.41. The van der Waals surface area contributed by atoms with Gasteiger partial charge in [0.15, 0.2) is 5.82 Å². The van der Waals surface area contributed by atoms with Crippen molar-refractivity contribution in [3.05, 3.63) is 39.7 Å². The van der Waals surface area contributed by atoms with Gasteiger partial charge in [0.25, 0.3) is 0 Å². The molecule has 16 heavy (non-hydrogen) atoms. The molecule has 0 amide bonds. The van der Waals surface area contributed by atoms with Gasteiger partial charge in [-0.05, 0) is 19.9 Å². The van der Waals surface area contributed by atoms with E-state index in [9.17, 15) is 0 Å². The molecule has 0 N–H and O–H groups in total. The van der Waals surface area contributed by atoms with Gasteiger partial charge in [-0.2, -0.15) is 5.10 Å². The second-order valence-electron chi connectivity index (χ2n) is 3.48. The summed E-state index contributed by atoms with van der Waals surface area (Å²) < 4.78 is 1.74. The van der Waals surface area contributed by atoms with Crippen molar-refractivity contribution in [2.45, 2.75) is 20.4 Å². The van der Waals surface area contributed by atoms with Gasteiger partial charge < -0.3 is 0 Å². The van der Waals surface area contributed by atoms with E-state index < -0.39 is 0 Å². The minimum Gasteiger partial charge on any atom is -0.261 e. The molecular formula is C10H10Cl2N4. The third kappa shape index (κ3) is 2.33. The van der Waals surface area contributed by atoms with Crippen LogP contribution >= 0.6 is 23.2 Å². The Morgan fingerprint density at radius 2 is 2.00 bits per heavy atom. The van der Waals surface area contributed by atoms with E-state index in [1.807, 2.05) is 13.8 Å². The first-order valence-electron chi connectivity index (χ1n) is 4.74. The molecule has 0 saturated heterocycles. The van der Waals surface area contributed by atoms with E-state index in [0.29, 0.717) is 22.5 Å². The molecule has 0 aliphatic carbocycles. The summed E-state index contributed by atoms with van der Waals surface area (Å²) in [6, 6.07) is 1.72. The van der Waals surface area contributed by atoms with E-state index in [0.717, 1.165) is 11.4 Å². The average Bonchev–Trinajstić information content (AvgIpc) is 2.48. The van der Waals surface area contributed by atoms with Crippen molar-refractivity contribution in [3.8, 4) is 0 Å². The zero-order valence-electron chi connectivity index (χ0n) is 8.91. The fourth-order valence-electron chi connectivity index (χ4n) is 1.38. The number of hydrogen-bond donors (Lipinski definition) is 0. The lowest BCUT2D eigenvalue weighted by Crippen LogP contribution is -2.08. The van der Waals surface area contributed by atoms with Gasteiger partial charge in [0.2, 0.25) is 0 Å². The van der Waals surface area contributed by atoms with Crippen LogP contribution in [0, 0.1) is 13.8 Å². The van der Waals surface area contributed by atoms with Crippen LogP contribution in [-0.4, -0.2) is 19.7 Å². The highest BCUT2D eigenvalue weighted by atomic mass is 35.5. The van der Waals surface area contributed by atoms with Crippen LogP contribution in [0.1, 0.15) is 17.2 Å². The molecule has 0 bridgehead atoms. The van der Waals surface area contributed by atoms with Gasteiger partial charge in [-0.25, -0.2) is 9.97 Å². The van der Waals surface area contributed by atoms with Crippen molar-refractivity contribution in [2.75, 3.05) is 0 Å². The van der Waals surface area contributed by atoms with Crippen molar-refractivity contribution < 1.29 is 0 Å². The molecule has 2 aromatic heterocycles. The second kappa shape index (κ2) is 4.39. The molecular weight excluding hydrogens is 247 g/mol. The first-order valence-corrected chi connectivity index (χ1v) is 5.50. The summed E-state index contributed by atoms with van der Waals surface area (Å²) in [5.41, 5.74) is 1.73. The van der Waals surface area contributed by atoms with Crippen molar-refractivity contribution in [1.82, 2.24) is 19.7 Å². The van der Waals surface area contributed by atoms with E-state index in [1.54, 1.807) is 16.9 Å². The average molecular weight is 257 g/mol. The van der Waals surface area contributed by atoms with Crippen LogP contribution in [0.5, 0.6) is 0 Å². The fraction of sp³-hybridized carbons (Fsp3) is 0.300. The van der Waals surface area contributed by atoms with Crippen molar-refractivity contribution in [2.24, 2.45) is 0 Å². The highest BCUT2D eigenvalue weighted by Gasteiger charge is 2.07. The number of nitrogens with zero attached hydrogens (tertiary/aromatic N) is 4. The molecule has 0 saturated carbocycles. The van der Waals surface area contributed by atoms with Crippen LogP contribution in [-0.2, 0) is 6.54 Å². The van der Waals surface area contributed by atoms with Gasteiger partial charge in [-0.1, -0.05) is 23.2 Å². The quantitative estimate of drug-likeness (QED) is 0.777. The van der Waals surface area contributed by atoms with E-state index in [2.05, 4.69) is 15.1 Å². The lowest BCUT2D eigenvalue weighted by molar-refractivity contribution is 0.635. The van der Waals surface area contributed by atoms with Gasteiger partial charge in [0.05, 0.1) is 16.9 Å². The van der Waals surface area contributed by atoms with Gasteiger partial charge >= 0.3 is 0 Å². The zero-order valence-corrected chi connectivity index (χ0v) is 10.4. The molecule has 2 aromatic rings. The fourth-order valence-corrected chi connectivity index (χ4v) is 1.77. The number of hydrogen-bond acceptors (Lipinski definition) is 3. The predicted molar refractivity (Wildman–Crippen MR) is 62.9 cm³/mol. The molecule has 0 aromatic carbocycles. The molecule has 84 valence electrons. The maximum atomic E-state index is 5.91. The zero-order chi connectivity index (χ0) is 11.7. The van der Waals surface area contributed by atoms with Crippen LogP contribution < -0.4 is 0 Å². The van der Waals surface area contributed by atoms with Crippen molar-refractivity contribution in [1.29, 1.82) is 0 Å². The smallest absolute Gasteiger partial charge is 0.151 e. The Kier molecular flexibility index (Phi) is 3.12. The summed E-state index contributed by atoms with van der Waals surface area (Å²) in [7, 11) is 0. The van der Waals surface area contributed by atoms with Crippen molar-refractivity contribution >= 4 is 23.2 Å². The van der Waals surface area contributed by atoms with E-state index in [1.165, 1.54) is 0 Å². The summed E-state index contributed by atoms with van der Waals surface area (Å²) >= 11 is 11.8. The highest BCUT2D eigenvalue weighted by Crippen LogP contribution is 2.14. The minimum atomic E-state index is 0.443. The summed E-state index contributed by atoms with van der Waals surface area (Å²) in [5.74, 6) is 0.632. The molecule has 2 heterocycles. The molecule has 6 heteroatoms. The predicted octanol–water partition coefficient (Wildman–Crippen LogP) is 2.65. The summed E-state index contributed by atoms with van der Waals surface area (Å²) in [6.45, 7) is 4.24. The van der Waals surface area contributed by atoms with Crippen LogP contribution in [0.4, 0.5) is 0 Å². The van der Waals surface area contributed by atoms with Gasteiger partial charge in [0, 0.05) is 5.69 Å². The topological polar surface area (TPSA) is 43.6 Å². The number of rotatable bonds is 2. The maximum absolute atomic E-state index is 5.91. The van der Waals surface area contributed by atoms with Gasteiger partial charge in [-0.3, -0.25) is 4.68 Å². The van der Waals surface area contributed by atoms with Gasteiger partial charge in [-0.15, -0.1) is 0 Å². The van der Waals surface area contributed by atoms with Crippen LogP contribution in [0.15, 0.2) is 12.3 Å². The van der Waals surface area contributed by atoms with Gasteiger partial charge in [0.1, 0.15) is 11.7 Å². The third-order valence-electron chi connectivity index (χ3n) is 2.20. The van der Waals surface area contributed by atoms with Crippen molar-refractivity contribution in [3.63, 3.8) is 0 Å². The maximum Gasteiger partial charge on any atom is 0.151 e. The molecule has 0 aliphatic heterocycles. The van der Waals surface area contributed by atoms with E-state index in [-0.39, 0.29) is 0 Å². The van der Waals surface area contributed by atoms with Crippen LogP contribution in [0.25, 0.3) is 0 Å². The molecule has 0 unspecified atom stereocenters. The molecule has 0 spiro atoms. The SMILES string of the molecule is Cc1cc(Cl)nc(Cn2ncc(Cl)c2C)n1. The highest BCUT2D eigenvalue weighted by molar-refractivity contribution is 6.31. The second-order valence-corrected chi connectivity index (χ2v) is 4.28. The lowest BCUT2D eigenvalue weighted by atomic mass is 10.4. The molecule has 0 aliphatic rings. The van der Waals surface area contributed by atoms with E-state index >= 15 is 0 Å². The number of halogens is 2. The molecule has 0 fully saturated rings. The van der Waals surface area contributed by atoms with Crippen LogP contribution in [0.3, 0.4) is 0 Å². The monoisotopic (exact) mass is 256 g/mol. The Morgan fingerprint density at radius 1 is 1.25 bits per heavy atom. The molecule has 4 nitrogen and oxygen atoms in total. The minimum absolute atomic E-state index is 0.443. The Bertz CT molecular complexity index is 501. The largest absolute Gasteiger partial charge is 0.261 e. The van der Waals surface area contributed by atoms with E-state index in [4.69, 9.17) is 23.2 Å². The number of aryl methyl sites for hydroxylation is 1. The third-order valence-corrected chi connectivity index (χ3v) is 2.77. The number of aromatic nitrogens is 4. The molecule has 0 atom stereocenters. The summed E-state index contributed by atoms with van der Waals surface area (Å²) in [6.07, 6.45) is 1.61. The molecule has 2 rings (SSSR count). The standard InChI is InChI=1S/C10H10Cl2N4/c1-6-3-9(12)15-10(14-6)5-16-7(2)8(11)4-13-16/h3-4H,5H2,1-2H3. The Hall–Kier alpha value is -1.13. The Balaban J connectivity index is 2.30. The molecule has 0 radical (unpaired) electrons. The Morgan fingerprint density at radius 3 is 2.56 bits per heavy atom. The first kappa shape index (κ1) is 11.4.